The molecule has 3 aromatic carbocycles. The minimum absolute atomic E-state index is 0.0564. The first-order valence-electron chi connectivity index (χ1n) is 8.11. The Morgan fingerprint density at radius 3 is 2.70 bits per heavy atom. The average molecular weight is 382 g/mol. The predicted molar refractivity (Wildman–Crippen MR) is 105 cm³/mol. The highest BCUT2D eigenvalue weighted by Gasteiger charge is 2.08. The minimum atomic E-state index is -0.499. The van der Waals surface area contributed by atoms with E-state index in [-0.39, 0.29) is 12.3 Å². The molecule has 0 aliphatic rings. The topological polar surface area (TPSA) is 90.8 Å². The van der Waals surface area contributed by atoms with Gasteiger partial charge in [-0.1, -0.05) is 48.0 Å². The summed E-state index contributed by atoms with van der Waals surface area (Å²) in [5.41, 5.74) is 3.18. The maximum atomic E-state index is 12.0. The number of hydrazone groups is 1. The molecule has 3 rings (SSSR count). The average Bonchev–Trinajstić information content (AvgIpc) is 2.68. The Morgan fingerprint density at radius 2 is 1.89 bits per heavy atom. The van der Waals surface area contributed by atoms with E-state index in [0.29, 0.717) is 16.1 Å². The van der Waals surface area contributed by atoms with Crippen molar-refractivity contribution in [3.8, 4) is 5.75 Å². The van der Waals surface area contributed by atoms with Crippen molar-refractivity contribution in [3.63, 3.8) is 0 Å². The molecule has 0 saturated heterocycles. The Morgan fingerprint density at radius 1 is 1.07 bits per heavy atom. The number of carbonyl (C=O) groups excluding carboxylic acids is 2. The summed E-state index contributed by atoms with van der Waals surface area (Å²) in [6.45, 7) is -0.246. The molecule has 2 amide bonds. The van der Waals surface area contributed by atoms with Gasteiger partial charge in [0.1, 0.15) is 5.75 Å². The van der Waals surface area contributed by atoms with Crippen LogP contribution < -0.4 is 10.7 Å². The van der Waals surface area contributed by atoms with E-state index >= 15 is 0 Å². The van der Waals surface area contributed by atoms with Crippen molar-refractivity contribution in [2.24, 2.45) is 5.10 Å². The highest BCUT2D eigenvalue weighted by molar-refractivity contribution is 6.31. The molecule has 0 aromatic heterocycles. The van der Waals surface area contributed by atoms with Crippen LogP contribution in [0.15, 0.2) is 65.8 Å². The van der Waals surface area contributed by atoms with E-state index in [9.17, 15) is 14.7 Å². The number of fused-ring (bicyclic) bond motifs is 1. The lowest BCUT2D eigenvalue weighted by Crippen LogP contribution is -2.34. The number of rotatable bonds is 5. The number of benzene rings is 3. The third-order valence-corrected chi connectivity index (χ3v) is 4.06. The van der Waals surface area contributed by atoms with Crippen LogP contribution in [-0.2, 0) is 4.79 Å². The van der Waals surface area contributed by atoms with E-state index in [0.717, 1.165) is 10.8 Å². The summed E-state index contributed by atoms with van der Waals surface area (Å²) in [6.07, 6.45) is 1.37. The van der Waals surface area contributed by atoms with Crippen LogP contribution in [0.2, 0.25) is 5.02 Å². The number of amides is 2. The van der Waals surface area contributed by atoms with Gasteiger partial charge in [0, 0.05) is 16.1 Å². The molecule has 3 aromatic rings. The van der Waals surface area contributed by atoms with Gasteiger partial charge in [-0.15, -0.1) is 0 Å². The molecule has 0 unspecified atom stereocenters. The molecule has 0 saturated carbocycles. The van der Waals surface area contributed by atoms with Crippen LogP contribution in [0.25, 0.3) is 10.8 Å². The maximum Gasteiger partial charge on any atom is 0.259 e. The number of nitrogens with zero attached hydrogens (tertiary/aromatic N) is 1. The lowest BCUT2D eigenvalue weighted by molar-refractivity contribution is -0.120. The molecule has 0 heterocycles. The molecular formula is C20H16ClN3O3. The molecule has 0 fully saturated rings. The van der Waals surface area contributed by atoms with E-state index in [1.807, 2.05) is 24.3 Å². The van der Waals surface area contributed by atoms with Crippen LogP contribution in [-0.4, -0.2) is 29.7 Å². The summed E-state index contributed by atoms with van der Waals surface area (Å²) < 4.78 is 0. The second kappa shape index (κ2) is 8.33. The first-order chi connectivity index (χ1) is 13.0. The fourth-order valence-corrected chi connectivity index (χ4v) is 2.71. The monoisotopic (exact) mass is 381 g/mol. The largest absolute Gasteiger partial charge is 0.507 e. The van der Waals surface area contributed by atoms with E-state index < -0.39 is 11.8 Å². The lowest BCUT2D eigenvalue weighted by Gasteiger charge is -2.06. The van der Waals surface area contributed by atoms with Crippen molar-refractivity contribution in [3.05, 3.63) is 76.8 Å². The number of halogens is 1. The van der Waals surface area contributed by atoms with E-state index in [2.05, 4.69) is 15.8 Å². The van der Waals surface area contributed by atoms with Crippen LogP contribution in [0.1, 0.15) is 15.9 Å². The number of nitrogens with one attached hydrogen (secondary N) is 2. The summed E-state index contributed by atoms with van der Waals surface area (Å²) in [4.78, 5) is 23.8. The van der Waals surface area contributed by atoms with Gasteiger partial charge in [-0.2, -0.15) is 5.10 Å². The van der Waals surface area contributed by atoms with Crippen molar-refractivity contribution in [1.29, 1.82) is 0 Å². The molecule has 3 N–H and O–H groups in total. The zero-order chi connectivity index (χ0) is 19.2. The molecule has 0 radical (unpaired) electrons. The van der Waals surface area contributed by atoms with Crippen molar-refractivity contribution in [2.45, 2.75) is 0 Å². The SMILES string of the molecule is O=C(CNC(=O)c1cccc(Cl)c1)N/N=C\c1c(O)ccc2ccccc12. The van der Waals surface area contributed by atoms with Gasteiger partial charge in [0.05, 0.1) is 12.8 Å². The summed E-state index contributed by atoms with van der Waals surface area (Å²) >= 11 is 5.83. The molecule has 0 aliphatic heterocycles. The molecule has 0 atom stereocenters. The summed E-state index contributed by atoms with van der Waals surface area (Å²) in [5.74, 6) is -0.856. The smallest absolute Gasteiger partial charge is 0.259 e. The van der Waals surface area contributed by atoms with Crippen molar-refractivity contribution in [1.82, 2.24) is 10.7 Å². The second-order valence-electron chi connectivity index (χ2n) is 5.71. The summed E-state index contributed by atoms with van der Waals surface area (Å²) in [6, 6.07) is 17.3. The molecule has 27 heavy (non-hydrogen) atoms. The molecular weight excluding hydrogens is 366 g/mol. The van der Waals surface area contributed by atoms with Gasteiger partial charge in [0.15, 0.2) is 0 Å². The Labute approximate surface area is 160 Å². The van der Waals surface area contributed by atoms with Crippen LogP contribution >= 0.6 is 11.6 Å². The molecule has 0 spiro atoms. The third kappa shape index (κ3) is 4.62. The zero-order valence-electron chi connectivity index (χ0n) is 14.1. The van der Waals surface area contributed by atoms with E-state index in [1.165, 1.54) is 12.3 Å². The second-order valence-corrected chi connectivity index (χ2v) is 6.14. The van der Waals surface area contributed by atoms with Gasteiger partial charge in [-0.05, 0) is 35.0 Å². The van der Waals surface area contributed by atoms with Crippen LogP contribution in [0.4, 0.5) is 0 Å². The first-order valence-corrected chi connectivity index (χ1v) is 8.49. The van der Waals surface area contributed by atoms with Crippen LogP contribution in [0.5, 0.6) is 5.75 Å². The fraction of sp³-hybridized carbons (Fsp3) is 0.0500. The zero-order valence-corrected chi connectivity index (χ0v) is 14.9. The van der Waals surface area contributed by atoms with Crippen molar-refractivity contribution >= 4 is 40.4 Å². The molecule has 136 valence electrons. The van der Waals surface area contributed by atoms with E-state index in [1.54, 1.807) is 30.3 Å². The quantitative estimate of drug-likeness (QED) is 0.468. The van der Waals surface area contributed by atoms with Crippen molar-refractivity contribution in [2.75, 3.05) is 6.54 Å². The normalized spacial score (nSPS) is 10.9. The number of carbonyl (C=O) groups is 2. The Kier molecular flexibility index (Phi) is 5.68. The Bertz CT molecular complexity index is 1030. The number of phenols is 1. The van der Waals surface area contributed by atoms with Gasteiger partial charge in [0.2, 0.25) is 0 Å². The Hall–Kier alpha value is -3.38. The van der Waals surface area contributed by atoms with Crippen LogP contribution in [0, 0.1) is 0 Å². The fourth-order valence-electron chi connectivity index (χ4n) is 2.52. The molecule has 0 aliphatic carbocycles. The number of hydrogen-bond donors (Lipinski definition) is 3. The highest BCUT2D eigenvalue weighted by atomic mass is 35.5. The van der Waals surface area contributed by atoms with Crippen molar-refractivity contribution < 1.29 is 14.7 Å². The lowest BCUT2D eigenvalue weighted by atomic mass is 10.0. The predicted octanol–water partition coefficient (Wildman–Crippen LogP) is 3.08. The molecule has 6 nitrogen and oxygen atoms in total. The highest BCUT2D eigenvalue weighted by Crippen LogP contribution is 2.25. The molecule has 7 heteroatoms. The number of aromatic hydroxyl groups is 1. The first kappa shape index (κ1) is 18.4. The Balaban J connectivity index is 1.60. The summed E-state index contributed by atoms with van der Waals surface area (Å²) in [7, 11) is 0. The van der Waals surface area contributed by atoms with Gasteiger partial charge < -0.3 is 10.4 Å². The van der Waals surface area contributed by atoms with Crippen LogP contribution in [0.3, 0.4) is 0 Å². The number of phenolic OH excluding ortho intramolecular Hbond substituents is 1. The minimum Gasteiger partial charge on any atom is -0.507 e. The molecule has 0 bridgehead atoms. The maximum absolute atomic E-state index is 12.0. The standard InChI is InChI=1S/C20H16ClN3O3/c21-15-6-3-5-14(10-15)20(27)22-12-19(26)24-23-11-17-16-7-2-1-4-13(16)8-9-18(17)25/h1-11,25H,12H2,(H,22,27)(H,24,26)/b23-11-. The summed E-state index contributed by atoms with van der Waals surface area (Å²) in [5, 5.41) is 18.6. The van der Waals surface area contributed by atoms with Gasteiger partial charge >= 0.3 is 0 Å². The van der Waals surface area contributed by atoms with Gasteiger partial charge in [0.25, 0.3) is 11.8 Å². The number of hydrogen-bond acceptors (Lipinski definition) is 4. The van der Waals surface area contributed by atoms with E-state index in [4.69, 9.17) is 11.6 Å². The third-order valence-electron chi connectivity index (χ3n) is 3.83. The van der Waals surface area contributed by atoms with Gasteiger partial charge in [-0.25, -0.2) is 5.43 Å². The van der Waals surface area contributed by atoms with Gasteiger partial charge in [-0.3, -0.25) is 9.59 Å².